The minimum Gasteiger partial charge on any atom is 3.00 e. The van der Waals surface area contributed by atoms with Crippen LogP contribution in [0, 0.1) is 0 Å². The molecule has 0 atom stereocenters. The molecule has 0 bridgehead atoms. The van der Waals surface area contributed by atoms with Crippen LogP contribution in [0.5, 0.6) is 0 Å². The van der Waals surface area contributed by atoms with Gasteiger partial charge in [-0.25, -0.2) is 0 Å². The monoisotopic (exact) mass is 274 g/mol. The molecule has 0 saturated heterocycles. The van der Waals surface area contributed by atoms with Gasteiger partial charge in [0, 0.05) is 0 Å². The maximum atomic E-state index is 8.61. The van der Waals surface area contributed by atoms with E-state index in [2.05, 4.69) is 0 Å². The fourth-order valence-corrected chi connectivity index (χ4v) is 0. The number of hydrogen-bond donors (Lipinski definition) is 0. The van der Waals surface area contributed by atoms with Crippen LogP contribution in [0.3, 0.4) is 0 Å². The summed E-state index contributed by atoms with van der Waals surface area (Å²) in [6.45, 7) is 0. The van der Waals surface area contributed by atoms with E-state index in [1.165, 1.54) is 0 Å². The van der Waals surface area contributed by atoms with Crippen molar-refractivity contribution in [2.75, 3.05) is 0 Å². The van der Waals surface area contributed by atoms with Gasteiger partial charge in [0.05, 0.1) is 0 Å². The summed E-state index contributed by atoms with van der Waals surface area (Å²) < 4.78 is 34.4. The molecule has 0 aromatic carbocycles. The van der Waals surface area contributed by atoms with Crippen LogP contribution >= 0.6 is 0 Å². The Labute approximate surface area is 69.9 Å². The van der Waals surface area contributed by atoms with E-state index in [1.807, 2.05) is 0 Å². The van der Waals surface area contributed by atoms with Gasteiger partial charge < -0.3 is 21.9 Å². The Morgan fingerprint density at radius 1 is 0.800 bits per heavy atom. The second kappa shape index (κ2) is 16.3. The van der Waals surface area contributed by atoms with E-state index in [-0.39, 0.29) is 39.0 Å². The first kappa shape index (κ1) is 46.2. The first-order valence-electron chi connectivity index (χ1n) is 0.730. The third-order valence-electron chi connectivity index (χ3n) is 0. The molecule has 8 nitrogen and oxygen atoms in total. The SMILES string of the molecule is O.O.O.O.O=[As]([O-])([O-])[O-].[Cu+3]. The van der Waals surface area contributed by atoms with Crippen LogP contribution < -0.4 is 12.3 Å². The molecule has 0 saturated carbocycles. The summed E-state index contributed by atoms with van der Waals surface area (Å²) in [4.78, 5) is 0. The molecule has 0 aliphatic rings. The molecule has 0 unspecified atom stereocenters. The molecule has 0 radical (unpaired) electrons. The molecule has 10 heavy (non-hydrogen) atoms. The molecule has 0 heterocycles. The second-order valence-electron chi connectivity index (χ2n) is 0.447. The zero-order chi connectivity index (χ0) is 4.50. The van der Waals surface area contributed by atoms with Gasteiger partial charge >= 0.3 is 47.6 Å². The largest absolute Gasteiger partial charge is 3.00 e. The van der Waals surface area contributed by atoms with Crippen molar-refractivity contribution < 1.29 is 55.0 Å². The molecule has 0 aromatic rings. The smallest absolute Gasteiger partial charge is 3.00 e. The molecule has 8 N–H and O–H groups in total. The van der Waals surface area contributed by atoms with E-state index in [0.717, 1.165) is 0 Å². The first-order chi connectivity index (χ1) is 2.00. The van der Waals surface area contributed by atoms with Gasteiger partial charge in [-0.3, -0.25) is 0 Å². The van der Waals surface area contributed by atoms with Gasteiger partial charge in [-0.2, -0.15) is 0 Å². The Morgan fingerprint density at radius 2 is 0.800 bits per heavy atom. The molecule has 0 amide bonds. The minimum absolute atomic E-state index is 0. The molecular weight excluding hydrogens is 266 g/mol. The molecule has 0 aromatic heterocycles. The Hall–Kier alpha value is 0.598. The molecule has 0 spiro atoms. The Morgan fingerprint density at radius 3 is 0.800 bits per heavy atom. The van der Waals surface area contributed by atoms with Gasteiger partial charge in [0.25, 0.3) is 0 Å². The molecule has 10 heteroatoms. The summed E-state index contributed by atoms with van der Waals surface area (Å²) in [5, 5.41) is 0. The van der Waals surface area contributed by atoms with Gasteiger partial charge in [0.15, 0.2) is 0 Å². The van der Waals surface area contributed by atoms with Crippen molar-refractivity contribution in [3.05, 3.63) is 0 Å². The van der Waals surface area contributed by atoms with Crippen molar-refractivity contribution in [1.29, 1.82) is 0 Å². The topological polar surface area (TPSA) is 212 Å². The van der Waals surface area contributed by atoms with E-state index in [0.29, 0.717) is 0 Å². The van der Waals surface area contributed by atoms with Crippen LogP contribution in [-0.4, -0.2) is 36.4 Å². The summed E-state index contributed by atoms with van der Waals surface area (Å²) in [7, 11) is 0. The standard InChI is InChI=1S/AsH3O4.Cu.4H2O/c2-1(3,4)5;;;;;/h(H3,2,3,4,5);;4*1H2/q;+3;;;;/p-3. The van der Waals surface area contributed by atoms with Crippen molar-refractivity contribution in [1.82, 2.24) is 0 Å². The average Bonchev–Trinajstić information content (AvgIpc) is 0.722. The van der Waals surface area contributed by atoms with E-state index in [4.69, 9.17) is 16.0 Å². The fraction of sp³-hybridized carbons (Fsp3) is 0. The third-order valence-corrected chi connectivity index (χ3v) is 0. The van der Waals surface area contributed by atoms with E-state index < -0.39 is 14.5 Å². The predicted octanol–water partition coefficient (Wildman–Crippen LogP) is -7.37. The zero-order valence-corrected chi connectivity index (χ0v) is 7.20. The van der Waals surface area contributed by atoms with Crippen LogP contribution in [0.1, 0.15) is 0 Å². The van der Waals surface area contributed by atoms with Gasteiger partial charge in [0.1, 0.15) is 0 Å². The summed E-state index contributed by atoms with van der Waals surface area (Å²) in [5.74, 6) is 0. The van der Waals surface area contributed by atoms with Crippen LogP contribution in [0.2, 0.25) is 0 Å². The van der Waals surface area contributed by atoms with Crippen molar-refractivity contribution >= 4 is 14.5 Å². The Bertz CT molecular complexity index is 55.4. The molecule has 72 valence electrons. The van der Waals surface area contributed by atoms with E-state index in [9.17, 15) is 0 Å². The first-order valence-corrected chi connectivity index (χ1v) is 3.79. The van der Waals surface area contributed by atoms with Crippen LogP contribution in [0.4, 0.5) is 0 Å². The fourth-order valence-electron chi connectivity index (χ4n) is 0. The van der Waals surface area contributed by atoms with Crippen molar-refractivity contribution in [3.63, 3.8) is 0 Å². The maximum Gasteiger partial charge on any atom is 3.00 e. The number of rotatable bonds is 0. The van der Waals surface area contributed by atoms with E-state index in [1.54, 1.807) is 0 Å². The second-order valence-corrected chi connectivity index (χ2v) is 2.32. The minimum atomic E-state index is -5.88. The summed E-state index contributed by atoms with van der Waals surface area (Å²) in [5.41, 5.74) is 0. The molecule has 0 fully saturated rings. The van der Waals surface area contributed by atoms with Crippen LogP contribution in [0.25, 0.3) is 0 Å². The average molecular weight is 275 g/mol. The summed E-state index contributed by atoms with van der Waals surface area (Å²) in [6.07, 6.45) is 0. The maximum absolute atomic E-state index is 8.61. The number of hydrogen-bond acceptors (Lipinski definition) is 4. The molecular formula is H8AsCuO8. The van der Waals surface area contributed by atoms with Gasteiger partial charge in [-0.15, -0.1) is 0 Å². The van der Waals surface area contributed by atoms with Crippen molar-refractivity contribution in [2.45, 2.75) is 0 Å². The van der Waals surface area contributed by atoms with Gasteiger partial charge in [-0.1, -0.05) is 0 Å². The zero-order valence-electron chi connectivity index (χ0n) is 4.38. The van der Waals surface area contributed by atoms with Gasteiger partial charge in [-0.05, 0) is 0 Å². The van der Waals surface area contributed by atoms with Crippen LogP contribution in [-0.2, 0) is 20.8 Å². The van der Waals surface area contributed by atoms with Crippen molar-refractivity contribution in [2.24, 2.45) is 0 Å². The normalized spacial score (nSPS) is 5.90. The molecule has 0 aliphatic heterocycles. The summed E-state index contributed by atoms with van der Waals surface area (Å²) in [6, 6.07) is 0. The molecule has 0 rings (SSSR count). The van der Waals surface area contributed by atoms with Crippen LogP contribution in [0.15, 0.2) is 0 Å². The quantitative estimate of drug-likeness (QED) is 0.393. The predicted molar refractivity (Wildman–Crippen MR) is 20.9 cm³/mol. The van der Waals surface area contributed by atoms with Gasteiger partial charge in [0.2, 0.25) is 0 Å². The third kappa shape index (κ3) is 1390. The Kier molecular flexibility index (Phi) is 75.3. The summed E-state index contributed by atoms with van der Waals surface area (Å²) >= 11 is -5.88. The molecule has 0 aliphatic carbocycles. The Balaban J connectivity index is -0.00000000800. The van der Waals surface area contributed by atoms with E-state index >= 15 is 0 Å². The van der Waals surface area contributed by atoms with Crippen molar-refractivity contribution in [3.8, 4) is 0 Å².